The molecule has 0 saturated heterocycles. The fourth-order valence-electron chi connectivity index (χ4n) is 2.44. The van der Waals surface area contributed by atoms with Crippen LogP contribution in [0.25, 0.3) is 0 Å². The highest BCUT2D eigenvalue weighted by Gasteiger charge is 2.41. The Kier molecular flexibility index (Phi) is 7.40. The number of esters is 1. The summed E-state index contributed by atoms with van der Waals surface area (Å²) in [4.78, 5) is 12.5. The fourth-order valence-corrected chi connectivity index (χ4v) is 2.44. The van der Waals surface area contributed by atoms with Crippen molar-refractivity contribution in [2.45, 2.75) is 45.2 Å². The van der Waals surface area contributed by atoms with Gasteiger partial charge in [0, 0.05) is 25.7 Å². The van der Waals surface area contributed by atoms with Gasteiger partial charge in [-0.1, -0.05) is 37.3 Å². The summed E-state index contributed by atoms with van der Waals surface area (Å²) in [5, 5.41) is 3.38. The van der Waals surface area contributed by atoms with E-state index in [9.17, 15) is 4.79 Å². The lowest BCUT2D eigenvalue weighted by molar-refractivity contribution is -0.150. The monoisotopic (exact) mass is 293 g/mol. The maximum atomic E-state index is 12.5. The molecule has 0 radical (unpaired) electrons. The summed E-state index contributed by atoms with van der Waals surface area (Å²) in [6.07, 6.45) is 1.51. The van der Waals surface area contributed by atoms with Gasteiger partial charge < -0.3 is 9.47 Å². The van der Waals surface area contributed by atoms with Crippen molar-refractivity contribution < 1.29 is 14.3 Å². The van der Waals surface area contributed by atoms with Crippen LogP contribution in [0.5, 0.6) is 0 Å². The van der Waals surface area contributed by atoms with Crippen LogP contribution in [-0.2, 0) is 19.8 Å². The zero-order valence-corrected chi connectivity index (χ0v) is 13.5. The summed E-state index contributed by atoms with van der Waals surface area (Å²) in [6, 6.07) is 9.85. The third kappa shape index (κ3) is 4.83. The number of rotatable bonds is 9. The minimum atomic E-state index is -0.863. The number of carbonyl (C=O) groups is 1. The summed E-state index contributed by atoms with van der Waals surface area (Å²) in [7, 11) is 1.43. The molecular formula is C17H27NO3. The molecule has 4 nitrogen and oxygen atoms in total. The zero-order valence-electron chi connectivity index (χ0n) is 13.5. The van der Waals surface area contributed by atoms with Gasteiger partial charge >= 0.3 is 5.97 Å². The molecule has 0 spiro atoms. The molecule has 118 valence electrons. The Hall–Kier alpha value is -1.39. The lowest BCUT2D eigenvalue weighted by atomic mass is 9.86. The summed E-state index contributed by atoms with van der Waals surface area (Å²) < 4.78 is 10.7. The van der Waals surface area contributed by atoms with Gasteiger partial charge in [-0.15, -0.1) is 0 Å². The molecule has 0 saturated carbocycles. The number of carbonyl (C=O) groups excluding carboxylic acids is 1. The molecule has 4 heteroatoms. The van der Waals surface area contributed by atoms with Crippen molar-refractivity contribution in [2.75, 3.05) is 20.3 Å². The fraction of sp³-hybridized carbons (Fsp3) is 0.588. The smallest absolute Gasteiger partial charge is 0.330 e. The second-order valence-electron chi connectivity index (χ2n) is 5.42. The Morgan fingerprint density at radius 3 is 2.43 bits per heavy atom. The average molecular weight is 293 g/mol. The number of benzene rings is 1. The number of methoxy groups -OCH3 is 1. The molecule has 0 aromatic heterocycles. The van der Waals surface area contributed by atoms with Crippen LogP contribution in [0.3, 0.4) is 0 Å². The predicted molar refractivity (Wildman–Crippen MR) is 84.1 cm³/mol. The van der Waals surface area contributed by atoms with Crippen LogP contribution in [0.2, 0.25) is 0 Å². The number of ether oxygens (including phenoxy) is 2. The highest BCUT2D eigenvalue weighted by atomic mass is 16.5. The van der Waals surface area contributed by atoms with E-state index in [2.05, 4.69) is 12.2 Å². The predicted octanol–water partition coefficient (Wildman–Crippen LogP) is 2.87. The number of hydrogen-bond acceptors (Lipinski definition) is 4. The molecule has 0 fully saturated rings. The zero-order chi connectivity index (χ0) is 15.7. The maximum Gasteiger partial charge on any atom is 0.330 e. The number of nitrogens with one attached hydrogen (secondary N) is 1. The molecule has 1 aromatic rings. The van der Waals surface area contributed by atoms with Crippen LogP contribution < -0.4 is 5.32 Å². The van der Waals surface area contributed by atoms with Gasteiger partial charge in [-0.05, 0) is 25.8 Å². The molecule has 0 aliphatic carbocycles. The van der Waals surface area contributed by atoms with E-state index in [1.807, 2.05) is 44.2 Å². The van der Waals surface area contributed by atoms with Gasteiger partial charge in [-0.3, -0.25) is 5.32 Å². The largest absolute Gasteiger partial charge is 0.467 e. The van der Waals surface area contributed by atoms with Crippen molar-refractivity contribution >= 4 is 5.97 Å². The second-order valence-corrected chi connectivity index (χ2v) is 5.42. The van der Waals surface area contributed by atoms with Crippen molar-refractivity contribution in [1.82, 2.24) is 5.32 Å². The molecule has 1 rings (SSSR count). The summed E-state index contributed by atoms with van der Waals surface area (Å²) in [5.74, 6) is -0.275. The van der Waals surface area contributed by atoms with E-state index in [1.54, 1.807) is 0 Å². The quantitative estimate of drug-likeness (QED) is 0.562. The standard InChI is InChI=1S/C17H27NO3/c1-5-12-21-13-11-17(16(19)20-4,18-14(2)3)15-9-7-6-8-10-15/h6-10,14,18H,5,11-13H2,1-4H3. The van der Waals surface area contributed by atoms with Crippen molar-refractivity contribution in [3.63, 3.8) is 0 Å². The first kappa shape index (κ1) is 17.7. The van der Waals surface area contributed by atoms with E-state index in [4.69, 9.17) is 9.47 Å². The Bertz CT molecular complexity index is 419. The molecule has 1 N–H and O–H groups in total. The molecule has 0 bridgehead atoms. The molecule has 21 heavy (non-hydrogen) atoms. The van der Waals surface area contributed by atoms with Crippen LogP contribution in [-0.4, -0.2) is 32.3 Å². The minimum Gasteiger partial charge on any atom is -0.467 e. The highest BCUT2D eigenvalue weighted by molar-refractivity contribution is 5.82. The summed E-state index contributed by atoms with van der Waals surface area (Å²) in [5.41, 5.74) is 0.0448. The third-order valence-electron chi connectivity index (χ3n) is 3.31. The number of hydrogen-bond donors (Lipinski definition) is 1. The molecule has 0 heterocycles. The third-order valence-corrected chi connectivity index (χ3v) is 3.31. The first-order valence-electron chi connectivity index (χ1n) is 7.56. The lowest BCUT2D eigenvalue weighted by Gasteiger charge is -2.34. The molecule has 1 unspecified atom stereocenters. The van der Waals surface area contributed by atoms with Gasteiger partial charge in [-0.25, -0.2) is 4.79 Å². The van der Waals surface area contributed by atoms with Crippen molar-refractivity contribution in [3.05, 3.63) is 35.9 Å². The van der Waals surface area contributed by atoms with Crippen LogP contribution in [0.1, 0.15) is 39.2 Å². The van der Waals surface area contributed by atoms with Gasteiger partial charge in [0.15, 0.2) is 0 Å². The van der Waals surface area contributed by atoms with E-state index in [0.717, 1.165) is 12.0 Å². The van der Waals surface area contributed by atoms with E-state index < -0.39 is 5.54 Å². The Balaban J connectivity index is 3.06. The molecule has 0 aliphatic rings. The first-order chi connectivity index (χ1) is 10.1. The second kappa shape index (κ2) is 8.80. The van der Waals surface area contributed by atoms with Gasteiger partial charge in [-0.2, -0.15) is 0 Å². The van der Waals surface area contributed by atoms with Crippen molar-refractivity contribution in [3.8, 4) is 0 Å². The minimum absolute atomic E-state index is 0.149. The Morgan fingerprint density at radius 1 is 1.24 bits per heavy atom. The molecule has 0 amide bonds. The lowest BCUT2D eigenvalue weighted by Crippen LogP contribution is -2.53. The summed E-state index contributed by atoms with van der Waals surface area (Å²) >= 11 is 0. The first-order valence-corrected chi connectivity index (χ1v) is 7.56. The summed E-state index contributed by atoms with van der Waals surface area (Å²) in [6.45, 7) is 7.32. The van der Waals surface area contributed by atoms with Gasteiger partial charge in [0.25, 0.3) is 0 Å². The van der Waals surface area contributed by atoms with Crippen LogP contribution >= 0.6 is 0 Å². The molecule has 1 atom stereocenters. The normalized spacial score (nSPS) is 14.0. The van der Waals surface area contributed by atoms with E-state index >= 15 is 0 Å². The Morgan fingerprint density at radius 2 is 1.90 bits per heavy atom. The van der Waals surface area contributed by atoms with Crippen LogP contribution in [0.15, 0.2) is 30.3 Å². The maximum absolute atomic E-state index is 12.5. The van der Waals surface area contributed by atoms with Gasteiger partial charge in [0.2, 0.25) is 0 Å². The Labute approximate surface area is 127 Å². The van der Waals surface area contributed by atoms with Gasteiger partial charge in [0.1, 0.15) is 5.54 Å². The van der Waals surface area contributed by atoms with Crippen molar-refractivity contribution in [1.29, 1.82) is 0 Å². The van der Waals surface area contributed by atoms with Gasteiger partial charge in [0.05, 0.1) is 7.11 Å². The molecule has 0 aliphatic heterocycles. The van der Waals surface area contributed by atoms with Crippen molar-refractivity contribution in [2.24, 2.45) is 0 Å². The topological polar surface area (TPSA) is 47.6 Å². The molecule has 1 aromatic carbocycles. The molecular weight excluding hydrogens is 266 g/mol. The van der Waals surface area contributed by atoms with E-state index in [-0.39, 0.29) is 12.0 Å². The average Bonchev–Trinajstić information content (AvgIpc) is 2.50. The highest BCUT2D eigenvalue weighted by Crippen LogP contribution is 2.28. The van der Waals surface area contributed by atoms with E-state index in [1.165, 1.54) is 7.11 Å². The SMILES string of the molecule is CCCOCCC(NC(C)C)(C(=O)OC)c1ccccc1. The van der Waals surface area contributed by atoms with Crippen LogP contribution in [0, 0.1) is 0 Å². The van der Waals surface area contributed by atoms with Crippen LogP contribution in [0.4, 0.5) is 0 Å². The van der Waals surface area contributed by atoms with E-state index in [0.29, 0.717) is 19.6 Å².